The Labute approximate surface area is 127 Å². The quantitative estimate of drug-likeness (QED) is 0.758. The summed E-state index contributed by atoms with van der Waals surface area (Å²) in [6, 6.07) is 4.57. The minimum atomic E-state index is -3.61. The second-order valence-electron chi connectivity index (χ2n) is 5.91. The molecule has 0 spiro atoms. The van der Waals surface area contributed by atoms with Gasteiger partial charge in [0.25, 0.3) is 0 Å². The van der Waals surface area contributed by atoms with Crippen LogP contribution < -0.4 is 15.2 Å². The highest BCUT2D eigenvalue weighted by molar-refractivity contribution is 7.89. The molecule has 0 radical (unpaired) electrons. The van der Waals surface area contributed by atoms with Crippen LogP contribution in [-0.4, -0.2) is 22.1 Å². The smallest absolute Gasteiger partial charge is 0.242 e. The third kappa shape index (κ3) is 4.61. The van der Waals surface area contributed by atoms with E-state index in [1.54, 1.807) is 6.07 Å². The highest BCUT2D eigenvalue weighted by Crippen LogP contribution is 2.25. The summed E-state index contributed by atoms with van der Waals surface area (Å²) in [4.78, 5) is 0.0922. The fraction of sp³-hybridized carbons (Fsp3) is 0.600. The Morgan fingerprint density at radius 1 is 1.19 bits per heavy atom. The van der Waals surface area contributed by atoms with Crippen LogP contribution in [0.2, 0.25) is 0 Å². The van der Waals surface area contributed by atoms with E-state index in [4.69, 9.17) is 10.5 Å². The van der Waals surface area contributed by atoms with Crippen LogP contribution in [0.5, 0.6) is 5.75 Å². The number of nitrogens with two attached hydrogens (primary N) is 1. The predicted molar refractivity (Wildman–Crippen MR) is 85.8 cm³/mol. The SMILES string of the molecule is COc1ccc(S(=O)(=O)NCC(C(C)C)C(C)C)c(N)c1. The molecule has 1 aromatic rings. The standard InChI is InChI=1S/C15H26N2O3S/c1-10(2)13(11(3)4)9-17-21(18,19)15-7-6-12(20-5)8-14(15)16/h6-8,10-11,13,17H,9,16H2,1-5H3. The lowest BCUT2D eigenvalue weighted by molar-refractivity contribution is 0.289. The molecule has 0 amide bonds. The first-order chi connectivity index (χ1) is 9.69. The van der Waals surface area contributed by atoms with Gasteiger partial charge in [0.15, 0.2) is 0 Å². The van der Waals surface area contributed by atoms with Crippen molar-refractivity contribution >= 4 is 15.7 Å². The van der Waals surface area contributed by atoms with Gasteiger partial charge in [-0.05, 0) is 29.9 Å². The average molecular weight is 314 g/mol. The molecule has 0 saturated carbocycles. The van der Waals surface area contributed by atoms with E-state index in [-0.39, 0.29) is 16.5 Å². The second kappa shape index (κ2) is 7.13. The van der Waals surface area contributed by atoms with Gasteiger partial charge in [0.2, 0.25) is 10.0 Å². The molecule has 0 saturated heterocycles. The fourth-order valence-corrected chi connectivity index (χ4v) is 3.61. The highest BCUT2D eigenvalue weighted by Gasteiger charge is 2.23. The van der Waals surface area contributed by atoms with Crippen molar-refractivity contribution in [1.82, 2.24) is 4.72 Å². The molecular formula is C15H26N2O3S. The van der Waals surface area contributed by atoms with Gasteiger partial charge in [-0.25, -0.2) is 13.1 Å². The third-order valence-corrected chi connectivity index (χ3v) is 5.23. The summed E-state index contributed by atoms with van der Waals surface area (Å²) in [5, 5.41) is 0. The van der Waals surface area contributed by atoms with E-state index < -0.39 is 10.0 Å². The molecule has 0 heterocycles. The molecule has 1 aromatic carbocycles. The van der Waals surface area contributed by atoms with Gasteiger partial charge in [0.05, 0.1) is 12.8 Å². The van der Waals surface area contributed by atoms with Gasteiger partial charge in [-0.2, -0.15) is 0 Å². The molecule has 0 unspecified atom stereocenters. The summed E-state index contributed by atoms with van der Waals surface area (Å²) < 4.78 is 32.4. The first kappa shape index (κ1) is 17.8. The number of sulfonamides is 1. The molecular weight excluding hydrogens is 288 g/mol. The van der Waals surface area contributed by atoms with Crippen molar-refractivity contribution in [1.29, 1.82) is 0 Å². The predicted octanol–water partition coefficient (Wildman–Crippen LogP) is 2.48. The van der Waals surface area contributed by atoms with E-state index in [1.165, 1.54) is 19.2 Å². The summed E-state index contributed by atoms with van der Waals surface area (Å²) in [6.45, 7) is 8.80. The number of hydrogen-bond donors (Lipinski definition) is 2. The van der Waals surface area contributed by atoms with E-state index in [0.717, 1.165) is 0 Å². The maximum Gasteiger partial charge on any atom is 0.242 e. The monoisotopic (exact) mass is 314 g/mol. The van der Waals surface area contributed by atoms with E-state index in [1.807, 2.05) is 0 Å². The molecule has 5 nitrogen and oxygen atoms in total. The number of hydrogen-bond acceptors (Lipinski definition) is 4. The van der Waals surface area contributed by atoms with Crippen LogP contribution in [0, 0.1) is 17.8 Å². The molecule has 0 fully saturated rings. The van der Waals surface area contributed by atoms with Gasteiger partial charge in [-0.15, -0.1) is 0 Å². The zero-order valence-electron chi connectivity index (χ0n) is 13.4. The van der Waals surface area contributed by atoms with E-state index in [0.29, 0.717) is 24.1 Å². The van der Waals surface area contributed by atoms with Crippen molar-refractivity contribution in [3.63, 3.8) is 0 Å². The zero-order chi connectivity index (χ0) is 16.2. The fourth-order valence-electron chi connectivity index (χ4n) is 2.42. The first-order valence-electron chi connectivity index (χ1n) is 7.12. The topological polar surface area (TPSA) is 81.4 Å². The normalized spacial score (nSPS) is 12.4. The van der Waals surface area contributed by atoms with Crippen molar-refractivity contribution in [2.24, 2.45) is 17.8 Å². The van der Waals surface area contributed by atoms with Crippen LogP contribution >= 0.6 is 0 Å². The third-order valence-electron chi connectivity index (χ3n) is 3.73. The molecule has 0 aromatic heterocycles. The Hall–Kier alpha value is -1.27. The van der Waals surface area contributed by atoms with Crippen LogP contribution in [0.25, 0.3) is 0 Å². The van der Waals surface area contributed by atoms with Crippen LogP contribution in [0.4, 0.5) is 5.69 Å². The van der Waals surface area contributed by atoms with E-state index in [9.17, 15) is 8.42 Å². The number of rotatable bonds is 7. The van der Waals surface area contributed by atoms with Gasteiger partial charge < -0.3 is 10.5 Å². The van der Waals surface area contributed by atoms with Crippen molar-refractivity contribution in [3.8, 4) is 5.75 Å². The molecule has 21 heavy (non-hydrogen) atoms. The lowest BCUT2D eigenvalue weighted by atomic mass is 9.86. The lowest BCUT2D eigenvalue weighted by Crippen LogP contribution is -2.34. The number of ether oxygens (including phenoxy) is 1. The number of anilines is 1. The summed E-state index contributed by atoms with van der Waals surface area (Å²) in [6.07, 6.45) is 0. The minimum Gasteiger partial charge on any atom is -0.497 e. The van der Waals surface area contributed by atoms with Crippen LogP contribution in [0.15, 0.2) is 23.1 Å². The largest absolute Gasteiger partial charge is 0.497 e. The van der Waals surface area contributed by atoms with Gasteiger partial charge >= 0.3 is 0 Å². The Kier molecular flexibility index (Phi) is 6.04. The van der Waals surface area contributed by atoms with Crippen LogP contribution in [-0.2, 0) is 10.0 Å². The number of nitrogen functional groups attached to an aromatic ring is 1. The van der Waals surface area contributed by atoms with Crippen LogP contribution in [0.3, 0.4) is 0 Å². The molecule has 0 bridgehead atoms. The maximum atomic E-state index is 12.4. The highest BCUT2D eigenvalue weighted by atomic mass is 32.2. The lowest BCUT2D eigenvalue weighted by Gasteiger charge is -2.25. The van der Waals surface area contributed by atoms with Crippen LogP contribution in [0.1, 0.15) is 27.7 Å². The Balaban J connectivity index is 2.92. The number of methoxy groups -OCH3 is 1. The first-order valence-corrected chi connectivity index (χ1v) is 8.60. The van der Waals surface area contributed by atoms with E-state index in [2.05, 4.69) is 32.4 Å². The van der Waals surface area contributed by atoms with Crippen molar-refractivity contribution in [2.45, 2.75) is 32.6 Å². The van der Waals surface area contributed by atoms with Gasteiger partial charge in [0.1, 0.15) is 10.6 Å². The van der Waals surface area contributed by atoms with Gasteiger partial charge in [0, 0.05) is 12.6 Å². The Morgan fingerprint density at radius 3 is 2.19 bits per heavy atom. The summed E-state index contributed by atoms with van der Waals surface area (Å²) in [7, 11) is -2.10. The molecule has 6 heteroatoms. The van der Waals surface area contributed by atoms with E-state index >= 15 is 0 Å². The molecule has 120 valence electrons. The maximum absolute atomic E-state index is 12.4. The summed E-state index contributed by atoms with van der Waals surface area (Å²) in [5.41, 5.74) is 6.00. The number of nitrogens with one attached hydrogen (secondary N) is 1. The summed E-state index contributed by atoms with van der Waals surface area (Å²) in [5.74, 6) is 1.62. The molecule has 3 N–H and O–H groups in total. The van der Waals surface area contributed by atoms with Crippen molar-refractivity contribution < 1.29 is 13.2 Å². The molecule has 0 aliphatic carbocycles. The molecule has 0 atom stereocenters. The van der Waals surface area contributed by atoms with Crippen molar-refractivity contribution in [2.75, 3.05) is 19.4 Å². The average Bonchev–Trinajstić information content (AvgIpc) is 2.37. The second-order valence-corrected chi connectivity index (χ2v) is 7.64. The molecule has 0 aliphatic rings. The van der Waals surface area contributed by atoms with Crippen molar-refractivity contribution in [3.05, 3.63) is 18.2 Å². The molecule has 0 aliphatic heterocycles. The Morgan fingerprint density at radius 2 is 1.76 bits per heavy atom. The minimum absolute atomic E-state index is 0.0922. The Bertz CT molecular complexity index is 560. The van der Waals surface area contributed by atoms with Gasteiger partial charge in [-0.3, -0.25) is 0 Å². The summed E-state index contributed by atoms with van der Waals surface area (Å²) >= 11 is 0. The molecule has 1 rings (SSSR count). The number of benzene rings is 1. The zero-order valence-corrected chi connectivity index (χ0v) is 14.2. The van der Waals surface area contributed by atoms with Gasteiger partial charge in [-0.1, -0.05) is 27.7 Å².